The summed E-state index contributed by atoms with van der Waals surface area (Å²) in [6.45, 7) is 5.29. The Bertz CT molecular complexity index is 685. The highest BCUT2D eigenvalue weighted by Crippen LogP contribution is 2.33. The lowest BCUT2D eigenvalue weighted by Gasteiger charge is -2.31. The molecule has 1 N–H and O–H groups in total. The van der Waals surface area contributed by atoms with Gasteiger partial charge in [-0.1, -0.05) is 17.3 Å². The second kappa shape index (κ2) is 5.67. The molecule has 2 heterocycles. The van der Waals surface area contributed by atoms with E-state index in [0.29, 0.717) is 23.2 Å². The molecule has 3 atom stereocenters. The Kier molecular flexibility index (Phi) is 3.70. The molecule has 116 valence electrons. The van der Waals surface area contributed by atoms with Crippen molar-refractivity contribution in [3.8, 4) is 11.5 Å². The van der Waals surface area contributed by atoms with Crippen LogP contribution in [-0.4, -0.2) is 28.3 Å². The SMILES string of the molecule is Cc1noc([C@H](C)NC(=O)[C@H]2Oc3ccccc3O[C@H]2C)n1. The number of fused-ring (bicyclic) bond motifs is 1. The predicted octanol–water partition coefficient (Wildman–Crippen LogP) is 1.78. The Hall–Kier alpha value is -2.57. The molecule has 0 unspecified atom stereocenters. The molecule has 0 spiro atoms. The van der Waals surface area contributed by atoms with Crippen molar-refractivity contribution in [2.24, 2.45) is 0 Å². The van der Waals surface area contributed by atoms with Gasteiger partial charge in [-0.05, 0) is 32.9 Å². The lowest BCUT2D eigenvalue weighted by atomic mass is 10.1. The van der Waals surface area contributed by atoms with Crippen LogP contribution < -0.4 is 14.8 Å². The highest BCUT2D eigenvalue weighted by molar-refractivity contribution is 5.82. The van der Waals surface area contributed by atoms with Crippen LogP contribution in [0.15, 0.2) is 28.8 Å². The van der Waals surface area contributed by atoms with E-state index in [4.69, 9.17) is 14.0 Å². The fraction of sp³-hybridized carbons (Fsp3) is 0.400. The maximum absolute atomic E-state index is 12.4. The van der Waals surface area contributed by atoms with Gasteiger partial charge in [-0.15, -0.1) is 0 Å². The number of nitrogens with one attached hydrogen (secondary N) is 1. The molecule has 1 aliphatic heterocycles. The minimum atomic E-state index is -0.735. The summed E-state index contributed by atoms with van der Waals surface area (Å²) in [6, 6.07) is 6.87. The van der Waals surface area contributed by atoms with Gasteiger partial charge in [0.1, 0.15) is 12.1 Å². The quantitative estimate of drug-likeness (QED) is 0.930. The van der Waals surface area contributed by atoms with E-state index < -0.39 is 18.2 Å². The van der Waals surface area contributed by atoms with Gasteiger partial charge in [0.15, 0.2) is 17.3 Å². The molecule has 0 aliphatic carbocycles. The van der Waals surface area contributed by atoms with Crippen molar-refractivity contribution < 1.29 is 18.8 Å². The number of para-hydroxylation sites is 2. The first kappa shape index (κ1) is 14.4. The summed E-state index contributed by atoms with van der Waals surface area (Å²) in [4.78, 5) is 16.5. The molecule has 1 aromatic heterocycles. The van der Waals surface area contributed by atoms with E-state index in [2.05, 4.69) is 15.5 Å². The second-order valence-corrected chi connectivity index (χ2v) is 5.22. The molecule has 0 fully saturated rings. The molecule has 7 nitrogen and oxygen atoms in total. The normalized spacial score (nSPS) is 21.2. The van der Waals surface area contributed by atoms with E-state index in [-0.39, 0.29) is 5.91 Å². The molecular formula is C15H17N3O4. The summed E-state index contributed by atoms with van der Waals surface area (Å²) in [5.74, 6) is 1.79. The Labute approximate surface area is 127 Å². The number of hydrogen-bond donors (Lipinski definition) is 1. The summed E-state index contributed by atoms with van der Waals surface area (Å²) in [7, 11) is 0. The van der Waals surface area contributed by atoms with Gasteiger partial charge >= 0.3 is 0 Å². The van der Waals surface area contributed by atoms with Crippen LogP contribution in [0.1, 0.15) is 31.6 Å². The Morgan fingerprint density at radius 2 is 1.95 bits per heavy atom. The number of rotatable bonds is 3. The predicted molar refractivity (Wildman–Crippen MR) is 76.5 cm³/mol. The lowest BCUT2D eigenvalue weighted by molar-refractivity contribution is -0.134. The summed E-state index contributed by atoms with van der Waals surface area (Å²) in [6.07, 6.45) is -1.13. The van der Waals surface area contributed by atoms with Crippen LogP contribution in [0, 0.1) is 6.92 Å². The minimum Gasteiger partial charge on any atom is -0.482 e. The maximum atomic E-state index is 12.4. The molecule has 3 rings (SSSR count). The topological polar surface area (TPSA) is 86.5 Å². The number of aryl methyl sites for hydroxylation is 1. The first-order chi connectivity index (χ1) is 10.5. The zero-order chi connectivity index (χ0) is 15.7. The number of aromatic nitrogens is 2. The smallest absolute Gasteiger partial charge is 0.265 e. The first-order valence-electron chi connectivity index (χ1n) is 7.07. The Morgan fingerprint density at radius 1 is 1.27 bits per heavy atom. The van der Waals surface area contributed by atoms with Crippen molar-refractivity contribution >= 4 is 5.91 Å². The van der Waals surface area contributed by atoms with Gasteiger partial charge in [-0.2, -0.15) is 4.98 Å². The van der Waals surface area contributed by atoms with Crippen LogP contribution >= 0.6 is 0 Å². The number of amides is 1. The van der Waals surface area contributed by atoms with Crippen molar-refractivity contribution in [2.45, 2.75) is 39.0 Å². The van der Waals surface area contributed by atoms with Crippen LogP contribution in [-0.2, 0) is 4.79 Å². The van der Waals surface area contributed by atoms with Gasteiger partial charge in [0.25, 0.3) is 5.91 Å². The third kappa shape index (κ3) is 2.74. The minimum absolute atomic E-state index is 0.287. The molecule has 2 aromatic rings. The zero-order valence-electron chi connectivity index (χ0n) is 12.6. The highest BCUT2D eigenvalue weighted by Gasteiger charge is 2.35. The summed E-state index contributed by atoms with van der Waals surface area (Å²) in [5, 5.41) is 6.51. The molecule has 22 heavy (non-hydrogen) atoms. The van der Waals surface area contributed by atoms with Crippen LogP contribution in [0.4, 0.5) is 0 Å². The molecule has 1 amide bonds. The Morgan fingerprint density at radius 3 is 2.59 bits per heavy atom. The van der Waals surface area contributed by atoms with Crippen LogP contribution in [0.3, 0.4) is 0 Å². The second-order valence-electron chi connectivity index (χ2n) is 5.22. The molecule has 0 saturated carbocycles. The molecule has 1 aromatic carbocycles. The van der Waals surface area contributed by atoms with E-state index >= 15 is 0 Å². The molecule has 1 aliphatic rings. The summed E-state index contributed by atoms with van der Waals surface area (Å²) < 4.78 is 16.5. The summed E-state index contributed by atoms with van der Waals surface area (Å²) in [5.41, 5.74) is 0. The largest absolute Gasteiger partial charge is 0.482 e. The number of carbonyl (C=O) groups excluding carboxylic acids is 1. The Balaban J connectivity index is 1.70. The van der Waals surface area contributed by atoms with Crippen molar-refractivity contribution in [1.29, 1.82) is 0 Å². The van der Waals surface area contributed by atoms with Crippen molar-refractivity contribution in [3.05, 3.63) is 36.0 Å². The number of carbonyl (C=O) groups is 1. The molecule has 0 radical (unpaired) electrons. The average molecular weight is 303 g/mol. The average Bonchev–Trinajstić information content (AvgIpc) is 2.93. The van der Waals surface area contributed by atoms with E-state index in [1.54, 1.807) is 26.8 Å². The molecule has 0 bridgehead atoms. The van der Waals surface area contributed by atoms with Gasteiger partial charge in [-0.25, -0.2) is 0 Å². The third-order valence-corrected chi connectivity index (χ3v) is 3.37. The van der Waals surface area contributed by atoms with E-state index in [1.165, 1.54) is 0 Å². The van der Waals surface area contributed by atoms with Crippen molar-refractivity contribution in [3.63, 3.8) is 0 Å². The lowest BCUT2D eigenvalue weighted by Crippen LogP contribution is -2.49. The first-order valence-corrected chi connectivity index (χ1v) is 7.07. The van der Waals surface area contributed by atoms with E-state index in [0.717, 1.165) is 0 Å². The van der Waals surface area contributed by atoms with E-state index in [9.17, 15) is 4.79 Å². The van der Waals surface area contributed by atoms with Gasteiger partial charge in [0.2, 0.25) is 12.0 Å². The summed E-state index contributed by atoms with van der Waals surface area (Å²) >= 11 is 0. The molecular weight excluding hydrogens is 286 g/mol. The van der Waals surface area contributed by atoms with Gasteiger partial charge in [0, 0.05) is 0 Å². The monoisotopic (exact) mass is 303 g/mol. The fourth-order valence-corrected chi connectivity index (χ4v) is 2.25. The van der Waals surface area contributed by atoms with Crippen molar-refractivity contribution in [2.75, 3.05) is 0 Å². The van der Waals surface area contributed by atoms with Gasteiger partial charge < -0.3 is 19.3 Å². The van der Waals surface area contributed by atoms with Gasteiger partial charge in [0.05, 0.1) is 0 Å². The third-order valence-electron chi connectivity index (χ3n) is 3.37. The van der Waals surface area contributed by atoms with Crippen LogP contribution in [0.25, 0.3) is 0 Å². The highest BCUT2D eigenvalue weighted by atomic mass is 16.6. The maximum Gasteiger partial charge on any atom is 0.265 e. The zero-order valence-corrected chi connectivity index (χ0v) is 12.6. The number of benzene rings is 1. The van der Waals surface area contributed by atoms with Gasteiger partial charge in [-0.3, -0.25) is 4.79 Å². The number of ether oxygens (including phenoxy) is 2. The van der Waals surface area contributed by atoms with E-state index in [1.807, 2.05) is 18.2 Å². The molecule has 7 heteroatoms. The molecule has 0 saturated heterocycles. The van der Waals surface area contributed by atoms with Crippen molar-refractivity contribution in [1.82, 2.24) is 15.5 Å². The van der Waals surface area contributed by atoms with Crippen LogP contribution in [0.5, 0.6) is 11.5 Å². The standard InChI is InChI=1S/C15H17N3O4/c1-8(15-17-10(3)18-22-15)16-14(19)13-9(2)20-11-6-4-5-7-12(11)21-13/h4-9,13H,1-3H3,(H,16,19)/t8-,9-,13-/m0/s1. The number of hydrogen-bond acceptors (Lipinski definition) is 6. The number of nitrogens with zero attached hydrogens (tertiary/aromatic N) is 2. The van der Waals surface area contributed by atoms with Crippen LogP contribution in [0.2, 0.25) is 0 Å². The fourth-order valence-electron chi connectivity index (χ4n) is 2.25.